The molecule has 0 radical (unpaired) electrons. The molecule has 4 nitrogen and oxygen atoms in total. The van der Waals surface area contributed by atoms with E-state index in [0.29, 0.717) is 10.9 Å². The normalized spacial score (nSPS) is 11.0. The summed E-state index contributed by atoms with van der Waals surface area (Å²) >= 11 is 3.30. The molecular weight excluding hydrogens is 276 g/mol. The molecule has 0 unspecified atom stereocenters. The number of nitrogen functional groups attached to an aromatic ring is 1. The van der Waals surface area contributed by atoms with E-state index in [2.05, 4.69) is 46.7 Å². The maximum atomic E-state index is 5.52. The van der Waals surface area contributed by atoms with Crippen LogP contribution in [0.1, 0.15) is 18.9 Å². The third-order valence-electron chi connectivity index (χ3n) is 2.25. The highest BCUT2D eigenvalue weighted by Gasteiger charge is 1.96. The Bertz CT molecular complexity index is 534. The lowest BCUT2D eigenvalue weighted by Crippen LogP contribution is -1.91. The lowest BCUT2D eigenvalue weighted by molar-refractivity contribution is 1.10. The van der Waals surface area contributed by atoms with Crippen LogP contribution in [0, 0.1) is 0 Å². The van der Waals surface area contributed by atoms with Crippen LogP contribution in [0.25, 0.3) is 0 Å². The molecule has 6 heteroatoms. The van der Waals surface area contributed by atoms with E-state index in [4.69, 9.17) is 5.73 Å². The fourth-order valence-electron chi connectivity index (χ4n) is 1.37. The van der Waals surface area contributed by atoms with Crippen LogP contribution in [-0.2, 0) is 0 Å². The van der Waals surface area contributed by atoms with Gasteiger partial charge in [0.05, 0.1) is 6.21 Å². The number of thioether (sulfide) groups is 1. The Labute approximate surface area is 121 Å². The number of benzene rings is 1. The average Bonchev–Trinajstić information content (AvgIpc) is 2.84. The first-order valence-corrected chi connectivity index (χ1v) is 7.87. The maximum absolute atomic E-state index is 5.52. The molecule has 0 amide bonds. The van der Waals surface area contributed by atoms with Gasteiger partial charge in [-0.25, -0.2) is 4.98 Å². The first kappa shape index (κ1) is 13.9. The van der Waals surface area contributed by atoms with Gasteiger partial charge in [0.1, 0.15) is 5.82 Å². The molecule has 1 aromatic carbocycles. The van der Waals surface area contributed by atoms with Gasteiger partial charge >= 0.3 is 0 Å². The summed E-state index contributed by atoms with van der Waals surface area (Å²) in [6.45, 7) is 2.19. The van der Waals surface area contributed by atoms with Gasteiger partial charge in [-0.2, -0.15) is 5.10 Å². The van der Waals surface area contributed by atoms with Crippen LogP contribution in [0.4, 0.5) is 10.9 Å². The van der Waals surface area contributed by atoms with Crippen molar-refractivity contribution in [2.45, 2.75) is 18.2 Å². The van der Waals surface area contributed by atoms with Gasteiger partial charge in [-0.15, -0.1) is 23.1 Å². The number of hydrogen-bond acceptors (Lipinski definition) is 6. The number of rotatable bonds is 6. The molecule has 0 aliphatic rings. The Morgan fingerprint density at radius 2 is 2.21 bits per heavy atom. The molecular formula is C13H16N4S2. The predicted octanol–water partition coefficient (Wildman–Crippen LogP) is 3.67. The molecule has 0 saturated heterocycles. The van der Waals surface area contributed by atoms with Crippen LogP contribution in [0.3, 0.4) is 0 Å². The number of aromatic nitrogens is 1. The third-order valence-corrected chi connectivity index (χ3v) is 4.23. The van der Waals surface area contributed by atoms with Crippen LogP contribution in [-0.4, -0.2) is 17.0 Å². The van der Waals surface area contributed by atoms with E-state index in [1.807, 2.05) is 11.8 Å². The molecule has 0 atom stereocenters. The molecule has 0 fully saturated rings. The Kier molecular flexibility index (Phi) is 5.23. The van der Waals surface area contributed by atoms with Gasteiger partial charge in [-0.3, -0.25) is 5.43 Å². The monoisotopic (exact) mass is 292 g/mol. The first-order chi connectivity index (χ1) is 9.28. The van der Waals surface area contributed by atoms with E-state index in [1.54, 1.807) is 11.6 Å². The van der Waals surface area contributed by atoms with Crippen LogP contribution < -0.4 is 11.2 Å². The van der Waals surface area contributed by atoms with Crippen LogP contribution in [0.15, 0.2) is 39.6 Å². The van der Waals surface area contributed by atoms with Crippen LogP contribution in [0.5, 0.6) is 0 Å². The zero-order chi connectivity index (χ0) is 13.5. The smallest absolute Gasteiger partial charge is 0.205 e. The van der Waals surface area contributed by atoms with Crippen LogP contribution >= 0.6 is 23.1 Å². The number of hydrazone groups is 1. The Balaban J connectivity index is 1.88. The van der Waals surface area contributed by atoms with E-state index in [0.717, 1.165) is 11.3 Å². The Hall–Kier alpha value is -1.53. The second-order valence-corrected chi connectivity index (χ2v) is 5.89. The first-order valence-electron chi connectivity index (χ1n) is 6.01. The molecule has 1 aromatic heterocycles. The zero-order valence-electron chi connectivity index (χ0n) is 10.7. The van der Waals surface area contributed by atoms with Crippen molar-refractivity contribution < 1.29 is 0 Å². The van der Waals surface area contributed by atoms with Crippen molar-refractivity contribution in [2.24, 2.45) is 5.10 Å². The van der Waals surface area contributed by atoms with Gasteiger partial charge in [0, 0.05) is 10.3 Å². The molecule has 0 saturated carbocycles. The fourth-order valence-corrected chi connectivity index (χ4v) is 2.69. The van der Waals surface area contributed by atoms with E-state index < -0.39 is 0 Å². The summed E-state index contributed by atoms with van der Waals surface area (Å²) in [5, 5.41) is 6.60. The Morgan fingerprint density at radius 3 is 2.84 bits per heavy atom. The summed E-state index contributed by atoms with van der Waals surface area (Å²) in [5.41, 5.74) is 9.43. The van der Waals surface area contributed by atoms with Gasteiger partial charge in [-0.05, 0) is 29.9 Å². The number of nitrogens with two attached hydrogens (primary N) is 1. The van der Waals surface area contributed by atoms with Gasteiger partial charge in [0.15, 0.2) is 0 Å². The topological polar surface area (TPSA) is 63.3 Å². The largest absolute Gasteiger partial charge is 0.383 e. The summed E-state index contributed by atoms with van der Waals surface area (Å²) in [6.07, 6.45) is 2.96. The molecule has 1 heterocycles. The number of hydrogen-bond donors (Lipinski definition) is 2. The highest BCUT2D eigenvalue weighted by atomic mass is 32.2. The number of anilines is 2. The van der Waals surface area contributed by atoms with Gasteiger partial charge in [-0.1, -0.05) is 19.1 Å². The number of thiazole rings is 1. The van der Waals surface area contributed by atoms with E-state index in [9.17, 15) is 0 Å². The van der Waals surface area contributed by atoms with Crippen molar-refractivity contribution in [3.05, 3.63) is 35.2 Å². The summed E-state index contributed by atoms with van der Waals surface area (Å²) in [5.74, 6) is 1.67. The maximum Gasteiger partial charge on any atom is 0.205 e. The highest BCUT2D eigenvalue weighted by Crippen LogP contribution is 2.19. The van der Waals surface area contributed by atoms with E-state index in [1.165, 1.54) is 22.7 Å². The molecule has 0 aliphatic heterocycles. The van der Waals surface area contributed by atoms with Crippen molar-refractivity contribution in [3.8, 4) is 0 Å². The molecule has 0 aliphatic carbocycles. The molecule has 2 rings (SSSR count). The minimum Gasteiger partial charge on any atom is -0.383 e. The summed E-state index contributed by atoms with van der Waals surface area (Å²) in [6, 6.07) is 8.34. The summed E-state index contributed by atoms with van der Waals surface area (Å²) < 4.78 is 0. The lowest BCUT2D eigenvalue weighted by atomic mass is 10.2. The van der Waals surface area contributed by atoms with Gasteiger partial charge < -0.3 is 5.73 Å². The van der Waals surface area contributed by atoms with Crippen LogP contribution in [0.2, 0.25) is 0 Å². The molecule has 19 heavy (non-hydrogen) atoms. The van der Waals surface area contributed by atoms with Gasteiger partial charge in [0.2, 0.25) is 5.13 Å². The molecule has 0 bridgehead atoms. The quantitative estimate of drug-likeness (QED) is 0.484. The SMILES string of the molecule is CCCSc1ccc(C=NNc2nc(N)cs2)cc1. The highest BCUT2D eigenvalue weighted by molar-refractivity contribution is 7.99. The average molecular weight is 292 g/mol. The third kappa shape index (κ3) is 4.57. The minimum atomic E-state index is 0.514. The molecule has 0 spiro atoms. The lowest BCUT2D eigenvalue weighted by Gasteiger charge is -2.00. The van der Waals surface area contributed by atoms with Crippen molar-refractivity contribution in [3.63, 3.8) is 0 Å². The zero-order valence-corrected chi connectivity index (χ0v) is 12.3. The minimum absolute atomic E-state index is 0.514. The van der Waals surface area contributed by atoms with E-state index in [-0.39, 0.29) is 0 Å². The van der Waals surface area contributed by atoms with Crippen molar-refractivity contribution in [1.29, 1.82) is 0 Å². The fraction of sp³-hybridized carbons (Fsp3) is 0.231. The second-order valence-electron chi connectivity index (χ2n) is 3.87. The van der Waals surface area contributed by atoms with Crippen molar-refractivity contribution >= 4 is 40.3 Å². The standard InChI is InChI=1S/C13H16N4S2/c1-2-7-18-11-5-3-10(4-6-11)8-15-17-13-16-12(14)9-19-13/h3-6,8-9H,2,7,14H2,1H3,(H,16,17). The van der Waals surface area contributed by atoms with Crippen molar-refractivity contribution in [2.75, 3.05) is 16.9 Å². The van der Waals surface area contributed by atoms with Crippen molar-refractivity contribution in [1.82, 2.24) is 4.98 Å². The molecule has 2 aromatic rings. The van der Waals surface area contributed by atoms with Gasteiger partial charge in [0.25, 0.3) is 0 Å². The van der Waals surface area contributed by atoms with E-state index >= 15 is 0 Å². The summed E-state index contributed by atoms with van der Waals surface area (Å²) in [4.78, 5) is 5.35. The molecule has 100 valence electrons. The molecule has 3 N–H and O–H groups in total. The predicted molar refractivity (Wildman–Crippen MR) is 85.2 cm³/mol. The number of nitrogens with one attached hydrogen (secondary N) is 1. The second kappa shape index (κ2) is 7.16. The Morgan fingerprint density at radius 1 is 1.42 bits per heavy atom. The number of nitrogens with zero attached hydrogens (tertiary/aromatic N) is 2. The summed E-state index contributed by atoms with van der Waals surface area (Å²) in [7, 11) is 0.